The molecule has 0 unspecified atom stereocenters. The zero-order chi connectivity index (χ0) is 23.0. The van der Waals surface area contributed by atoms with Gasteiger partial charge in [-0.1, -0.05) is 17.8 Å². The van der Waals surface area contributed by atoms with Gasteiger partial charge in [0.05, 0.1) is 39.1 Å². The van der Waals surface area contributed by atoms with Gasteiger partial charge < -0.3 is 18.8 Å². The van der Waals surface area contributed by atoms with Gasteiger partial charge in [0, 0.05) is 31.2 Å². The molecule has 0 aliphatic carbocycles. The summed E-state index contributed by atoms with van der Waals surface area (Å²) < 4.78 is 18.9. The van der Waals surface area contributed by atoms with Gasteiger partial charge in [-0.25, -0.2) is 0 Å². The number of benzene rings is 1. The van der Waals surface area contributed by atoms with E-state index in [0.29, 0.717) is 6.54 Å². The number of rotatable bonds is 11. The van der Waals surface area contributed by atoms with Crippen LogP contribution >= 0.6 is 11.8 Å². The van der Waals surface area contributed by atoms with Gasteiger partial charge in [0.2, 0.25) is 0 Å². The summed E-state index contributed by atoms with van der Waals surface area (Å²) in [6, 6.07) is 11.9. The van der Waals surface area contributed by atoms with Crippen LogP contribution in [0.15, 0.2) is 47.8 Å². The molecule has 3 aromatic rings. The number of aromatic nitrogens is 4. The van der Waals surface area contributed by atoms with Crippen molar-refractivity contribution in [2.75, 3.05) is 27.9 Å². The molecule has 9 heteroatoms. The summed E-state index contributed by atoms with van der Waals surface area (Å²) >= 11 is 1.66. The van der Waals surface area contributed by atoms with Crippen molar-refractivity contribution in [3.63, 3.8) is 0 Å². The first-order valence-electron chi connectivity index (χ1n) is 11.1. The molecule has 8 nitrogen and oxygen atoms in total. The summed E-state index contributed by atoms with van der Waals surface area (Å²) in [5.41, 5.74) is 2.14. The Morgan fingerprint density at radius 3 is 2.61 bits per heavy atom. The van der Waals surface area contributed by atoms with Crippen molar-refractivity contribution in [2.24, 2.45) is 0 Å². The van der Waals surface area contributed by atoms with Gasteiger partial charge in [0.25, 0.3) is 0 Å². The number of thioether (sulfide) groups is 1. The van der Waals surface area contributed by atoms with Crippen LogP contribution in [-0.2, 0) is 30.1 Å². The average molecular weight is 470 g/mol. The molecule has 1 atom stereocenters. The second-order valence-corrected chi connectivity index (χ2v) is 9.09. The molecule has 0 bridgehead atoms. The Labute approximate surface area is 199 Å². The third kappa shape index (κ3) is 6.46. The van der Waals surface area contributed by atoms with E-state index in [9.17, 15) is 0 Å². The monoisotopic (exact) mass is 469 g/mol. The number of hydrogen-bond acceptors (Lipinski definition) is 8. The van der Waals surface area contributed by atoms with Crippen LogP contribution in [0.5, 0.6) is 11.5 Å². The molecule has 1 aliphatic rings. The second kappa shape index (κ2) is 11.5. The van der Waals surface area contributed by atoms with Crippen molar-refractivity contribution in [2.45, 2.75) is 49.5 Å². The van der Waals surface area contributed by atoms with Gasteiger partial charge in [-0.05, 0) is 49.7 Å². The summed E-state index contributed by atoms with van der Waals surface area (Å²) in [4.78, 5) is 6.64. The maximum Gasteiger partial charge on any atom is 0.191 e. The molecule has 1 fully saturated rings. The van der Waals surface area contributed by atoms with Gasteiger partial charge in [-0.3, -0.25) is 9.88 Å². The topological polar surface area (TPSA) is 74.5 Å². The number of pyridine rings is 1. The Morgan fingerprint density at radius 1 is 1.12 bits per heavy atom. The third-order valence-electron chi connectivity index (χ3n) is 5.55. The van der Waals surface area contributed by atoms with E-state index in [4.69, 9.17) is 14.2 Å². The quantitative estimate of drug-likeness (QED) is 0.393. The molecule has 0 radical (unpaired) electrons. The average Bonchev–Trinajstić information content (AvgIpc) is 3.48. The molecule has 0 saturated carbocycles. The van der Waals surface area contributed by atoms with E-state index in [1.54, 1.807) is 26.0 Å². The lowest BCUT2D eigenvalue weighted by molar-refractivity contribution is 0.0934. The minimum absolute atomic E-state index is 0.210. The van der Waals surface area contributed by atoms with Gasteiger partial charge in [-0.2, -0.15) is 0 Å². The van der Waals surface area contributed by atoms with E-state index in [0.717, 1.165) is 72.0 Å². The zero-order valence-electron chi connectivity index (χ0n) is 19.4. The molecule has 4 rings (SSSR count). The van der Waals surface area contributed by atoms with Crippen molar-refractivity contribution in [1.29, 1.82) is 0 Å². The molecule has 176 valence electrons. The van der Waals surface area contributed by atoms with Gasteiger partial charge >= 0.3 is 0 Å². The predicted octanol–water partition coefficient (Wildman–Crippen LogP) is 3.79. The smallest absolute Gasteiger partial charge is 0.191 e. The summed E-state index contributed by atoms with van der Waals surface area (Å²) in [5, 5.41) is 9.96. The summed E-state index contributed by atoms with van der Waals surface area (Å²) in [7, 11) is 5.41. The van der Waals surface area contributed by atoms with E-state index in [2.05, 4.69) is 31.7 Å². The van der Waals surface area contributed by atoms with Gasteiger partial charge in [0.1, 0.15) is 17.3 Å². The molecule has 0 amide bonds. The highest BCUT2D eigenvalue weighted by atomic mass is 32.2. The highest BCUT2D eigenvalue weighted by Crippen LogP contribution is 2.26. The molecule has 0 N–H and O–H groups in total. The van der Waals surface area contributed by atoms with Crippen molar-refractivity contribution >= 4 is 11.8 Å². The Morgan fingerprint density at radius 2 is 1.94 bits per heavy atom. The molecular formula is C24H31N5O3S. The number of methoxy groups -OCH3 is 2. The maximum absolute atomic E-state index is 5.91. The van der Waals surface area contributed by atoms with Crippen LogP contribution in [0.2, 0.25) is 0 Å². The SMILES string of the molecule is COc1cc(CN(C)Cc2nnc(SCc3ccccn3)n2C[C@@H]2CCCO2)cc(OC)c1. The van der Waals surface area contributed by atoms with Crippen molar-refractivity contribution in [1.82, 2.24) is 24.6 Å². The minimum Gasteiger partial charge on any atom is -0.497 e. The Kier molecular flexibility index (Phi) is 8.20. The fraction of sp³-hybridized carbons (Fsp3) is 0.458. The Bertz CT molecular complexity index is 1000. The fourth-order valence-electron chi connectivity index (χ4n) is 3.91. The van der Waals surface area contributed by atoms with Crippen LogP contribution < -0.4 is 9.47 Å². The lowest BCUT2D eigenvalue weighted by atomic mass is 10.2. The first kappa shape index (κ1) is 23.5. The standard InChI is InChI=1S/C24H31N5O3S/c1-28(14-18-11-21(30-2)13-22(12-18)31-3)16-23-26-27-24(29(23)15-20-8-6-10-32-20)33-17-19-7-4-5-9-25-19/h4-5,7,9,11-13,20H,6,8,10,14-17H2,1-3H3/t20-/m0/s1. The van der Waals surface area contributed by atoms with Gasteiger partial charge in [0.15, 0.2) is 5.16 Å². The van der Waals surface area contributed by atoms with Crippen LogP contribution in [0.25, 0.3) is 0 Å². The van der Waals surface area contributed by atoms with Crippen molar-refractivity contribution < 1.29 is 14.2 Å². The second-order valence-electron chi connectivity index (χ2n) is 8.15. The van der Waals surface area contributed by atoms with Crippen LogP contribution in [0.4, 0.5) is 0 Å². The lowest BCUT2D eigenvalue weighted by Gasteiger charge is -2.19. The van der Waals surface area contributed by atoms with E-state index < -0.39 is 0 Å². The molecule has 3 heterocycles. The number of ether oxygens (including phenoxy) is 3. The third-order valence-corrected chi connectivity index (χ3v) is 6.55. The molecule has 1 saturated heterocycles. The summed E-state index contributed by atoms with van der Waals surface area (Å²) in [5.74, 6) is 3.26. The molecule has 33 heavy (non-hydrogen) atoms. The van der Waals surface area contributed by atoms with Crippen LogP contribution in [0.1, 0.15) is 29.9 Å². The van der Waals surface area contributed by atoms with Crippen LogP contribution in [-0.4, -0.2) is 58.6 Å². The van der Waals surface area contributed by atoms with Crippen LogP contribution in [0, 0.1) is 0 Å². The van der Waals surface area contributed by atoms with E-state index in [1.165, 1.54) is 0 Å². The first-order valence-corrected chi connectivity index (χ1v) is 12.1. The normalized spacial score (nSPS) is 15.8. The summed E-state index contributed by atoms with van der Waals surface area (Å²) in [6.45, 7) is 3.00. The molecule has 1 aliphatic heterocycles. The fourth-order valence-corrected chi connectivity index (χ4v) is 4.79. The van der Waals surface area contributed by atoms with Crippen LogP contribution in [0.3, 0.4) is 0 Å². The lowest BCUT2D eigenvalue weighted by Crippen LogP contribution is -2.23. The highest BCUT2D eigenvalue weighted by Gasteiger charge is 2.22. The van der Waals surface area contributed by atoms with Crippen molar-refractivity contribution in [3.8, 4) is 11.5 Å². The van der Waals surface area contributed by atoms with Crippen molar-refractivity contribution in [3.05, 3.63) is 59.7 Å². The van der Waals surface area contributed by atoms with E-state index in [-0.39, 0.29) is 6.10 Å². The molecule has 1 aromatic carbocycles. The van der Waals surface area contributed by atoms with Gasteiger partial charge in [-0.15, -0.1) is 10.2 Å². The first-order chi connectivity index (χ1) is 16.1. The zero-order valence-corrected chi connectivity index (χ0v) is 20.3. The maximum atomic E-state index is 5.91. The molecule has 0 spiro atoms. The highest BCUT2D eigenvalue weighted by molar-refractivity contribution is 7.98. The van der Waals surface area contributed by atoms with E-state index >= 15 is 0 Å². The largest absolute Gasteiger partial charge is 0.497 e. The Balaban J connectivity index is 1.48. The predicted molar refractivity (Wildman–Crippen MR) is 128 cm³/mol. The Hall–Kier alpha value is -2.62. The van der Waals surface area contributed by atoms with E-state index in [1.807, 2.05) is 42.6 Å². The summed E-state index contributed by atoms with van der Waals surface area (Å²) in [6.07, 6.45) is 4.21. The molecule has 2 aromatic heterocycles. The minimum atomic E-state index is 0.210. The number of hydrogen-bond donors (Lipinski definition) is 0. The number of nitrogens with zero attached hydrogens (tertiary/aromatic N) is 5. The molecular weight excluding hydrogens is 438 g/mol.